The highest BCUT2D eigenvalue weighted by Gasteiger charge is 2.41. The molecule has 0 radical (unpaired) electrons. The van der Waals surface area contributed by atoms with Crippen molar-refractivity contribution >= 4 is 17.8 Å². The van der Waals surface area contributed by atoms with Crippen molar-refractivity contribution in [3.63, 3.8) is 0 Å². The highest BCUT2D eigenvalue weighted by atomic mass is 16.7. The lowest BCUT2D eigenvalue weighted by Gasteiger charge is -2.39. The fourth-order valence-corrected chi connectivity index (χ4v) is 4.24. The number of benzene rings is 3. The van der Waals surface area contributed by atoms with Crippen LogP contribution in [0.15, 0.2) is 91.0 Å². The Labute approximate surface area is 198 Å². The molecule has 2 amide bonds. The summed E-state index contributed by atoms with van der Waals surface area (Å²) >= 11 is 0. The minimum atomic E-state index is -0.994. The van der Waals surface area contributed by atoms with Crippen LogP contribution in [0.25, 0.3) is 0 Å². The Morgan fingerprint density at radius 1 is 0.824 bits per heavy atom. The van der Waals surface area contributed by atoms with Crippen molar-refractivity contribution in [2.24, 2.45) is 0 Å². The van der Waals surface area contributed by atoms with Gasteiger partial charge in [0.2, 0.25) is 0 Å². The molecule has 174 valence electrons. The molecule has 0 unspecified atom stereocenters. The van der Waals surface area contributed by atoms with Gasteiger partial charge in [-0.2, -0.15) is 5.06 Å². The summed E-state index contributed by atoms with van der Waals surface area (Å²) in [6.07, 6.45) is 0.189. The third-order valence-electron chi connectivity index (χ3n) is 5.87. The zero-order valence-corrected chi connectivity index (χ0v) is 18.8. The van der Waals surface area contributed by atoms with Crippen LogP contribution in [0.5, 0.6) is 0 Å². The van der Waals surface area contributed by atoms with Crippen molar-refractivity contribution in [3.8, 4) is 0 Å². The van der Waals surface area contributed by atoms with E-state index >= 15 is 0 Å². The van der Waals surface area contributed by atoms with Crippen LogP contribution < -0.4 is 5.32 Å². The second kappa shape index (κ2) is 10.4. The van der Waals surface area contributed by atoms with Gasteiger partial charge in [-0.25, -0.2) is 0 Å². The van der Waals surface area contributed by atoms with E-state index < -0.39 is 29.4 Å². The molecular formula is C27H26N2O5. The van der Waals surface area contributed by atoms with E-state index in [1.54, 1.807) is 0 Å². The predicted molar refractivity (Wildman–Crippen MR) is 125 cm³/mol. The van der Waals surface area contributed by atoms with Gasteiger partial charge in [0.1, 0.15) is 12.6 Å². The summed E-state index contributed by atoms with van der Waals surface area (Å²) in [5.74, 6) is -1.42. The van der Waals surface area contributed by atoms with Gasteiger partial charge in [0, 0.05) is 12.8 Å². The van der Waals surface area contributed by atoms with Crippen LogP contribution >= 0.6 is 0 Å². The molecule has 1 aliphatic rings. The molecule has 1 atom stereocenters. The number of hydrogen-bond acceptors (Lipinski definition) is 6. The van der Waals surface area contributed by atoms with Crippen molar-refractivity contribution in [2.45, 2.75) is 24.4 Å². The average Bonchev–Trinajstić information content (AvgIpc) is 3.22. The summed E-state index contributed by atoms with van der Waals surface area (Å²) < 4.78 is 5.06. The fourth-order valence-electron chi connectivity index (χ4n) is 4.24. The number of rotatable bonds is 9. The van der Waals surface area contributed by atoms with Crippen molar-refractivity contribution in [3.05, 3.63) is 108 Å². The first-order valence-corrected chi connectivity index (χ1v) is 11.1. The minimum absolute atomic E-state index is 0.0944. The molecule has 1 N–H and O–H groups in total. The Morgan fingerprint density at radius 2 is 1.24 bits per heavy atom. The first-order valence-electron chi connectivity index (χ1n) is 11.1. The van der Waals surface area contributed by atoms with E-state index in [1.165, 1.54) is 7.11 Å². The molecule has 1 aliphatic heterocycles. The lowest BCUT2D eigenvalue weighted by atomic mass is 9.76. The molecule has 7 nitrogen and oxygen atoms in total. The Hall–Kier alpha value is -3.81. The van der Waals surface area contributed by atoms with E-state index in [4.69, 9.17) is 9.57 Å². The molecule has 0 aliphatic carbocycles. The molecule has 0 aromatic heterocycles. The van der Waals surface area contributed by atoms with Crippen molar-refractivity contribution in [2.75, 3.05) is 13.7 Å². The number of imide groups is 1. The highest BCUT2D eigenvalue weighted by Crippen LogP contribution is 2.37. The van der Waals surface area contributed by atoms with Gasteiger partial charge in [-0.05, 0) is 16.7 Å². The van der Waals surface area contributed by atoms with Gasteiger partial charge in [0.15, 0.2) is 0 Å². The second-order valence-corrected chi connectivity index (χ2v) is 7.95. The van der Waals surface area contributed by atoms with Gasteiger partial charge in [-0.15, -0.1) is 0 Å². The molecule has 1 saturated heterocycles. The van der Waals surface area contributed by atoms with Crippen LogP contribution in [0, 0.1) is 0 Å². The lowest BCUT2D eigenvalue weighted by Crippen LogP contribution is -2.55. The fraction of sp³-hybridized carbons (Fsp3) is 0.222. The van der Waals surface area contributed by atoms with Crippen molar-refractivity contribution < 1.29 is 24.0 Å². The van der Waals surface area contributed by atoms with Crippen LogP contribution in [0.4, 0.5) is 0 Å². The number of nitrogens with one attached hydrogen (secondary N) is 1. The Balaban J connectivity index is 1.80. The highest BCUT2D eigenvalue weighted by molar-refractivity contribution is 6.00. The summed E-state index contributed by atoms with van der Waals surface area (Å²) in [7, 11) is 1.29. The third kappa shape index (κ3) is 4.62. The van der Waals surface area contributed by atoms with Gasteiger partial charge < -0.3 is 4.74 Å². The second-order valence-electron chi connectivity index (χ2n) is 7.95. The third-order valence-corrected chi connectivity index (χ3v) is 5.87. The molecule has 0 spiro atoms. The number of amides is 2. The first kappa shape index (κ1) is 23.4. The molecule has 1 heterocycles. The number of carbonyl (C=O) groups excluding carboxylic acids is 3. The number of carbonyl (C=O) groups is 3. The predicted octanol–water partition coefficient (Wildman–Crippen LogP) is 3.19. The van der Waals surface area contributed by atoms with Gasteiger partial charge in [-0.3, -0.25) is 24.5 Å². The van der Waals surface area contributed by atoms with E-state index in [2.05, 4.69) is 5.32 Å². The number of hydroxylamine groups is 2. The maximum Gasteiger partial charge on any atom is 0.325 e. The maximum absolute atomic E-state index is 12.9. The summed E-state index contributed by atoms with van der Waals surface area (Å²) in [5, 5.41) is 4.21. The van der Waals surface area contributed by atoms with E-state index in [0.717, 1.165) is 21.8 Å². The summed E-state index contributed by atoms with van der Waals surface area (Å²) in [6, 6.07) is 28.3. The van der Waals surface area contributed by atoms with Gasteiger partial charge >= 0.3 is 5.97 Å². The van der Waals surface area contributed by atoms with Gasteiger partial charge in [0.05, 0.1) is 12.6 Å². The van der Waals surface area contributed by atoms with E-state index in [-0.39, 0.29) is 19.4 Å². The minimum Gasteiger partial charge on any atom is -0.468 e. The van der Waals surface area contributed by atoms with Crippen LogP contribution in [0.3, 0.4) is 0 Å². The normalized spacial score (nSPS) is 14.8. The number of methoxy groups -OCH3 is 1. The number of ether oxygens (including phenoxy) is 1. The van der Waals surface area contributed by atoms with Crippen molar-refractivity contribution in [1.82, 2.24) is 10.4 Å². The quantitative estimate of drug-likeness (QED) is 0.301. The topological polar surface area (TPSA) is 84.9 Å². The summed E-state index contributed by atoms with van der Waals surface area (Å²) in [5.41, 5.74) is 1.74. The molecule has 4 rings (SSSR count). The van der Waals surface area contributed by atoms with Crippen LogP contribution in [-0.2, 0) is 29.5 Å². The van der Waals surface area contributed by atoms with Gasteiger partial charge in [0.25, 0.3) is 11.8 Å². The smallest absolute Gasteiger partial charge is 0.325 e. The zero-order valence-electron chi connectivity index (χ0n) is 18.8. The zero-order chi connectivity index (χ0) is 24.0. The molecule has 3 aromatic carbocycles. The molecule has 3 aromatic rings. The molecule has 0 saturated carbocycles. The molecule has 0 bridgehead atoms. The van der Waals surface area contributed by atoms with E-state index in [9.17, 15) is 14.4 Å². The number of nitrogens with zero attached hydrogens (tertiary/aromatic N) is 1. The van der Waals surface area contributed by atoms with Crippen molar-refractivity contribution in [1.29, 1.82) is 0 Å². The molecule has 7 heteroatoms. The average molecular weight is 459 g/mol. The monoisotopic (exact) mass is 458 g/mol. The van der Waals surface area contributed by atoms with E-state index in [0.29, 0.717) is 0 Å². The Morgan fingerprint density at radius 3 is 1.62 bits per heavy atom. The van der Waals surface area contributed by atoms with Crippen LogP contribution in [0.1, 0.15) is 29.5 Å². The maximum atomic E-state index is 12.9. The van der Waals surface area contributed by atoms with Crippen LogP contribution in [0.2, 0.25) is 0 Å². The molecule has 34 heavy (non-hydrogen) atoms. The molecular weight excluding hydrogens is 432 g/mol. The SMILES string of the molecule is COC(=O)[C@@H](CON1C(=O)CCC1=O)NC(c1ccccc1)(c1ccccc1)c1ccccc1. The Kier molecular flexibility index (Phi) is 7.15. The van der Waals surface area contributed by atoms with E-state index in [1.807, 2.05) is 91.0 Å². The molecule has 1 fully saturated rings. The number of esters is 1. The Bertz CT molecular complexity index is 1020. The summed E-state index contributed by atoms with van der Waals surface area (Å²) in [4.78, 5) is 42.5. The summed E-state index contributed by atoms with van der Waals surface area (Å²) in [6.45, 7) is -0.265. The first-order chi connectivity index (χ1) is 16.6. The largest absolute Gasteiger partial charge is 0.468 e. The van der Waals surface area contributed by atoms with Gasteiger partial charge in [-0.1, -0.05) is 91.0 Å². The lowest BCUT2D eigenvalue weighted by molar-refractivity contribution is -0.192. The standard InChI is InChI=1S/C27H26N2O5/c1-33-26(32)23(19-34-29-24(30)17-18-25(29)31)28-27(20-11-5-2-6-12-20,21-13-7-3-8-14-21)22-15-9-4-10-16-22/h2-16,23,28H,17-19H2,1H3/t23-/m1/s1. The number of hydrogen-bond donors (Lipinski definition) is 1. The van der Waals surface area contributed by atoms with Crippen LogP contribution in [-0.4, -0.2) is 42.6 Å².